The fourth-order valence-electron chi connectivity index (χ4n) is 1.71. The molecule has 0 radical (unpaired) electrons. The first kappa shape index (κ1) is 11.4. The van der Waals surface area contributed by atoms with Crippen molar-refractivity contribution in [1.29, 1.82) is 0 Å². The number of aromatic nitrogens is 3. The van der Waals surface area contributed by atoms with Gasteiger partial charge in [0.2, 0.25) is 0 Å². The van der Waals surface area contributed by atoms with Gasteiger partial charge in [-0.25, -0.2) is 14.3 Å². The summed E-state index contributed by atoms with van der Waals surface area (Å²) in [6.07, 6.45) is 0. The summed E-state index contributed by atoms with van der Waals surface area (Å²) in [5, 5.41) is 2.80. The number of H-pyrrole nitrogens is 1. The van der Waals surface area contributed by atoms with Gasteiger partial charge in [-0.2, -0.15) is 0 Å². The molecule has 90 valence electrons. The lowest BCUT2D eigenvalue weighted by Crippen LogP contribution is -2.15. The van der Waals surface area contributed by atoms with Crippen LogP contribution in [-0.2, 0) is 4.74 Å². The van der Waals surface area contributed by atoms with Crippen LogP contribution in [0.4, 0.5) is 0 Å². The first-order chi connectivity index (χ1) is 8.04. The van der Waals surface area contributed by atoms with Crippen LogP contribution < -0.4 is 5.56 Å². The molecule has 0 aromatic carbocycles. The van der Waals surface area contributed by atoms with E-state index in [1.165, 1.54) is 10.6 Å². The zero-order chi connectivity index (χ0) is 12.6. The first-order valence-corrected chi connectivity index (χ1v) is 5.30. The summed E-state index contributed by atoms with van der Waals surface area (Å²) in [6.45, 7) is 5.42. The van der Waals surface area contributed by atoms with E-state index in [2.05, 4.69) is 10.1 Å². The van der Waals surface area contributed by atoms with Crippen LogP contribution in [0.1, 0.15) is 28.7 Å². The molecule has 0 bridgehead atoms. The zero-order valence-corrected chi connectivity index (χ0v) is 9.90. The molecule has 0 saturated carbocycles. The lowest BCUT2D eigenvalue weighted by atomic mass is 10.2. The Hall–Kier alpha value is -2.11. The summed E-state index contributed by atoms with van der Waals surface area (Å²) >= 11 is 0. The number of fused-ring (bicyclic) bond motifs is 1. The normalized spacial score (nSPS) is 10.8. The standard InChI is InChI=1S/C11H13N3O3/c1-4-17-11(16)9-7(3)13-14-8(15)5-6(2)12-10(9)14/h5,13H,4H2,1-3H3. The molecule has 1 N–H and O–H groups in total. The van der Waals surface area contributed by atoms with Gasteiger partial charge in [0.15, 0.2) is 5.65 Å². The van der Waals surface area contributed by atoms with Gasteiger partial charge >= 0.3 is 5.97 Å². The summed E-state index contributed by atoms with van der Waals surface area (Å²) in [4.78, 5) is 27.6. The number of aryl methyl sites for hydroxylation is 2. The van der Waals surface area contributed by atoms with E-state index in [1.54, 1.807) is 20.8 Å². The highest BCUT2D eigenvalue weighted by molar-refractivity contribution is 5.97. The van der Waals surface area contributed by atoms with Gasteiger partial charge in [0.05, 0.1) is 6.61 Å². The Kier molecular flexibility index (Phi) is 2.71. The molecule has 2 aromatic rings. The molecule has 6 nitrogen and oxygen atoms in total. The molecule has 2 rings (SSSR count). The van der Waals surface area contributed by atoms with Crippen LogP contribution in [0.2, 0.25) is 0 Å². The summed E-state index contributed by atoms with van der Waals surface area (Å²) < 4.78 is 6.19. The van der Waals surface area contributed by atoms with Crippen molar-refractivity contribution in [3.63, 3.8) is 0 Å². The van der Waals surface area contributed by atoms with Crippen molar-refractivity contribution in [2.45, 2.75) is 20.8 Å². The Balaban J connectivity index is 2.75. The van der Waals surface area contributed by atoms with Crippen molar-refractivity contribution in [3.05, 3.63) is 33.4 Å². The number of hydrogen-bond acceptors (Lipinski definition) is 4. The molecule has 0 saturated heterocycles. The van der Waals surface area contributed by atoms with E-state index in [1.807, 2.05) is 0 Å². The van der Waals surface area contributed by atoms with E-state index in [0.29, 0.717) is 22.6 Å². The predicted molar refractivity (Wildman–Crippen MR) is 61.2 cm³/mol. The molecule has 0 aliphatic rings. The third-order valence-corrected chi connectivity index (χ3v) is 2.40. The highest BCUT2D eigenvalue weighted by Crippen LogP contribution is 2.13. The molecule has 0 amide bonds. The molecule has 0 fully saturated rings. The van der Waals surface area contributed by atoms with E-state index in [9.17, 15) is 9.59 Å². The molecule has 0 aliphatic carbocycles. The number of nitrogens with zero attached hydrogens (tertiary/aromatic N) is 2. The summed E-state index contributed by atoms with van der Waals surface area (Å²) in [5.41, 5.74) is 1.52. The number of nitrogens with one attached hydrogen (secondary N) is 1. The first-order valence-electron chi connectivity index (χ1n) is 5.30. The third kappa shape index (κ3) is 1.82. The molecule has 0 aliphatic heterocycles. The van der Waals surface area contributed by atoms with Crippen molar-refractivity contribution < 1.29 is 9.53 Å². The smallest absolute Gasteiger partial charge is 0.343 e. The highest BCUT2D eigenvalue weighted by Gasteiger charge is 2.19. The molecular formula is C11H13N3O3. The van der Waals surface area contributed by atoms with Crippen LogP contribution in [0.25, 0.3) is 5.65 Å². The topological polar surface area (TPSA) is 76.5 Å². The molecule has 2 aromatic heterocycles. The van der Waals surface area contributed by atoms with Crippen LogP contribution in [0, 0.1) is 13.8 Å². The van der Waals surface area contributed by atoms with E-state index >= 15 is 0 Å². The number of hydrogen-bond donors (Lipinski definition) is 1. The van der Waals surface area contributed by atoms with Gasteiger partial charge in [-0.15, -0.1) is 0 Å². The van der Waals surface area contributed by atoms with E-state index in [4.69, 9.17) is 4.74 Å². The molecule has 0 spiro atoms. The molecule has 6 heteroatoms. The average molecular weight is 235 g/mol. The van der Waals surface area contributed by atoms with Crippen molar-refractivity contribution in [2.75, 3.05) is 6.61 Å². The summed E-state index contributed by atoms with van der Waals surface area (Å²) in [7, 11) is 0. The van der Waals surface area contributed by atoms with Crippen molar-refractivity contribution >= 4 is 11.6 Å². The maximum atomic E-state index is 11.8. The number of carbonyl (C=O) groups is 1. The van der Waals surface area contributed by atoms with Gasteiger partial charge in [-0.05, 0) is 20.8 Å². The Morgan fingerprint density at radius 2 is 2.24 bits per heavy atom. The number of rotatable bonds is 2. The van der Waals surface area contributed by atoms with Crippen molar-refractivity contribution in [2.24, 2.45) is 0 Å². The van der Waals surface area contributed by atoms with Crippen LogP contribution >= 0.6 is 0 Å². The summed E-state index contributed by atoms with van der Waals surface area (Å²) in [6, 6.07) is 1.40. The van der Waals surface area contributed by atoms with Gasteiger partial charge in [-0.3, -0.25) is 9.89 Å². The van der Waals surface area contributed by atoms with Crippen LogP contribution in [0.5, 0.6) is 0 Å². The molecule has 0 unspecified atom stereocenters. The Morgan fingerprint density at radius 3 is 2.88 bits per heavy atom. The monoisotopic (exact) mass is 235 g/mol. The van der Waals surface area contributed by atoms with E-state index in [-0.39, 0.29) is 12.2 Å². The van der Waals surface area contributed by atoms with Gasteiger partial charge < -0.3 is 4.74 Å². The minimum atomic E-state index is -0.471. The van der Waals surface area contributed by atoms with E-state index in [0.717, 1.165) is 0 Å². The summed E-state index contributed by atoms with van der Waals surface area (Å²) in [5.74, 6) is -0.471. The van der Waals surface area contributed by atoms with Crippen molar-refractivity contribution in [3.8, 4) is 0 Å². The van der Waals surface area contributed by atoms with Gasteiger partial charge in [0.25, 0.3) is 5.56 Å². The maximum absolute atomic E-state index is 11.8. The zero-order valence-electron chi connectivity index (χ0n) is 9.90. The fraction of sp³-hybridized carbons (Fsp3) is 0.364. The van der Waals surface area contributed by atoms with Crippen molar-refractivity contribution in [1.82, 2.24) is 14.6 Å². The minimum Gasteiger partial charge on any atom is -0.462 e. The lowest BCUT2D eigenvalue weighted by molar-refractivity contribution is 0.0527. The second-order valence-electron chi connectivity index (χ2n) is 3.73. The predicted octanol–water partition coefficient (Wildman–Crippen LogP) is 0.816. The molecular weight excluding hydrogens is 222 g/mol. The SMILES string of the molecule is CCOC(=O)c1c(C)[nH]n2c(=O)cc(C)nc12. The average Bonchev–Trinajstić information content (AvgIpc) is 2.55. The number of aromatic amines is 1. The Bertz CT molecular complexity index is 639. The molecule has 17 heavy (non-hydrogen) atoms. The number of esters is 1. The third-order valence-electron chi connectivity index (χ3n) is 2.40. The second kappa shape index (κ2) is 4.04. The number of ether oxygens (including phenoxy) is 1. The van der Waals surface area contributed by atoms with Crippen LogP contribution in [0.3, 0.4) is 0 Å². The number of carbonyl (C=O) groups excluding carboxylic acids is 1. The maximum Gasteiger partial charge on any atom is 0.343 e. The van der Waals surface area contributed by atoms with Gasteiger partial charge in [0.1, 0.15) is 5.56 Å². The van der Waals surface area contributed by atoms with Gasteiger partial charge in [-0.1, -0.05) is 0 Å². The second-order valence-corrected chi connectivity index (χ2v) is 3.73. The Morgan fingerprint density at radius 1 is 1.53 bits per heavy atom. The Labute approximate surface area is 97.2 Å². The molecule has 0 atom stereocenters. The van der Waals surface area contributed by atoms with Gasteiger partial charge in [0, 0.05) is 17.5 Å². The fourth-order valence-corrected chi connectivity index (χ4v) is 1.71. The minimum absolute atomic E-state index is 0.244. The highest BCUT2D eigenvalue weighted by atomic mass is 16.5. The van der Waals surface area contributed by atoms with Crippen LogP contribution in [-0.4, -0.2) is 27.2 Å². The molecule has 2 heterocycles. The van der Waals surface area contributed by atoms with Crippen LogP contribution in [0.15, 0.2) is 10.9 Å². The largest absolute Gasteiger partial charge is 0.462 e. The van der Waals surface area contributed by atoms with E-state index < -0.39 is 5.97 Å². The quantitative estimate of drug-likeness (QED) is 0.782. The lowest BCUT2D eigenvalue weighted by Gasteiger charge is -2.00.